The minimum absolute atomic E-state index is 0.140. The third-order valence-corrected chi connectivity index (χ3v) is 3.58. The van der Waals surface area contributed by atoms with E-state index in [1.54, 1.807) is 0 Å². The molecule has 1 heterocycles. The standard InChI is InChI=1S/C11H23NO2/c1-10(2)6-9(14-8-13)7-11(3,4)12(10)5/h9,13H,6-8H2,1-5H3. The first kappa shape index (κ1) is 12.0. The zero-order valence-electron chi connectivity index (χ0n) is 10.0. The number of hydrogen-bond donors (Lipinski definition) is 1. The molecule has 1 fully saturated rings. The van der Waals surface area contributed by atoms with Crippen LogP contribution in [0.4, 0.5) is 0 Å². The van der Waals surface area contributed by atoms with Gasteiger partial charge >= 0.3 is 0 Å². The maximum Gasteiger partial charge on any atom is 0.143 e. The van der Waals surface area contributed by atoms with Crippen molar-refractivity contribution in [3.63, 3.8) is 0 Å². The van der Waals surface area contributed by atoms with Gasteiger partial charge < -0.3 is 9.84 Å². The van der Waals surface area contributed by atoms with E-state index >= 15 is 0 Å². The van der Waals surface area contributed by atoms with Crippen molar-refractivity contribution in [1.82, 2.24) is 4.90 Å². The summed E-state index contributed by atoms with van der Waals surface area (Å²) in [6.45, 7) is 8.73. The van der Waals surface area contributed by atoms with E-state index in [9.17, 15) is 0 Å². The highest BCUT2D eigenvalue weighted by Gasteiger charge is 2.43. The number of aliphatic hydroxyl groups is 1. The summed E-state index contributed by atoms with van der Waals surface area (Å²) in [5, 5.41) is 8.79. The number of ether oxygens (including phenoxy) is 1. The molecule has 0 spiro atoms. The van der Waals surface area contributed by atoms with Gasteiger partial charge in [-0.2, -0.15) is 0 Å². The van der Waals surface area contributed by atoms with E-state index in [4.69, 9.17) is 9.84 Å². The minimum Gasteiger partial charge on any atom is -0.371 e. The molecule has 0 saturated carbocycles. The average molecular weight is 201 g/mol. The van der Waals surface area contributed by atoms with Crippen LogP contribution >= 0.6 is 0 Å². The van der Waals surface area contributed by atoms with E-state index in [1.807, 2.05) is 0 Å². The summed E-state index contributed by atoms with van der Waals surface area (Å²) < 4.78 is 5.33. The topological polar surface area (TPSA) is 32.7 Å². The molecular weight excluding hydrogens is 178 g/mol. The highest BCUT2D eigenvalue weighted by atomic mass is 16.6. The Bertz CT molecular complexity index is 183. The number of likely N-dealkylation sites (tertiary alicyclic amines) is 1. The Hall–Kier alpha value is -0.120. The van der Waals surface area contributed by atoms with Crippen LogP contribution in [0.15, 0.2) is 0 Å². The van der Waals surface area contributed by atoms with Crippen LogP contribution in [0.3, 0.4) is 0 Å². The SMILES string of the molecule is CN1C(C)(C)CC(OCO)CC1(C)C. The Morgan fingerprint density at radius 1 is 1.21 bits per heavy atom. The largest absolute Gasteiger partial charge is 0.371 e. The summed E-state index contributed by atoms with van der Waals surface area (Å²) in [6, 6.07) is 0. The summed E-state index contributed by atoms with van der Waals surface area (Å²) in [6.07, 6.45) is 2.14. The van der Waals surface area contributed by atoms with Crippen molar-refractivity contribution in [2.75, 3.05) is 13.8 Å². The quantitative estimate of drug-likeness (QED) is 0.689. The number of aliphatic hydroxyl groups excluding tert-OH is 1. The first-order chi connectivity index (χ1) is 6.29. The van der Waals surface area contributed by atoms with E-state index < -0.39 is 0 Å². The lowest BCUT2D eigenvalue weighted by molar-refractivity contribution is -0.126. The monoisotopic (exact) mass is 201 g/mol. The Morgan fingerprint density at radius 2 is 1.64 bits per heavy atom. The Labute approximate surface area is 87.1 Å². The molecule has 1 rings (SSSR count). The number of rotatable bonds is 2. The summed E-state index contributed by atoms with van der Waals surface area (Å²) in [5.74, 6) is 0. The molecule has 1 aliphatic rings. The van der Waals surface area contributed by atoms with Gasteiger partial charge in [-0.05, 0) is 47.6 Å². The smallest absolute Gasteiger partial charge is 0.143 e. The van der Waals surface area contributed by atoms with Gasteiger partial charge in [-0.25, -0.2) is 0 Å². The first-order valence-electron chi connectivity index (χ1n) is 5.26. The number of piperidine rings is 1. The van der Waals surface area contributed by atoms with Gasteiger partial charge in [-0.1, -0.05) is 0 Å². The molecule has 1 N–H and O–H groups in total. The van der Waals surface area contributed by atoms with Crippen molar-refractivity contribution in [2.24, 2.45) is 0 Å². The van der Waals surface area contributed by atoms with Crippen molar-refractivity contribution < 1.29 is 9.84 Å². The Balaban J connectivity index is 2.75. The zero-order chi connectivity index (χ0) is 11.0. The molecule has 3 nitrogen and oxygen atoms in total. The van der Waals surface area contributed by atoms with Crippen LogP contribution < -0.4 is 0 Å². The second-order valence-corrected chi connectivity index (χ2v) is 5.51. The molecule has 0 bridgehead atoms. The maximum atomic E-state index is 8.79. The second-order valence-electron chi connectivity index (χ2n) is 5.51. The van der Waals surface area contributed by atoms with Gasteiger partial charge in [-0.15, -0.1) is 0 Å². The molecule has 3 heteroatoms. The van der Waals surface area contributed by atoms with Crippen molar-refractivity contribution in [3.8, 4) is 0 Å². The first-order valence-corrected chi connectivity index (χ1v) is 5.26. The van der Waals surface area contributed by atoms with Crippen LogP contribution in [0.25, 0.3) is 0 Å². The molecule has 14 heavy (non-hydrogen) atoms. The molecule has 0 radical (unpaired) electrons. The normalized spacial score (nSPS) is 27.9. The number of hydrogen-bond acceptors (Lipinski definition) is 3. The van der Waals surface area contributed by atoms with E-state index in [1.165, 1.54) is 0 Å². The molecule has 1 saturated heterocycles. The molecule has 0 aliphatic carbocycles. The van der Waals surface area contributed by atoms with Crippen LogP contribution in [-0.4, -0.2) is 41.0 Å². The van der Waals surface area contributed by atoms with Gasteiger partial charge in [0.2, 0.25) is 0 Å². The molecule has 84 valence electrons. The average Bonchev–Trinajstić information content (AvgIpc) is 1.99. The predicted molar refractivity (Wildman–Crippen MR) is 57.1 cm³/mol. The summed E-state index contributed by atoms with van der Waals surface area (Å²) in [7, 11) is 2.16. The zero-order valence-corrected chi connectivity index (χ0v) is 10.0. The summed E-state index contributed by atoms with van der Waals surface area (Å²) in [5.41, 5.74) is 0.281. The van der Waals surface area contributed by atoms with Gasteiger partial charge in [0.25, 0.3) is 0 Å². The van der Waals surface area contributed by atoms with Crippen molar-refractivity contribution in [1.29, 1.82) is 0 Å². The highest BCUT2D eigenvalue weighted by molar-refractivity contribution is 4.98. The summed E-state index contributed by atoms with van der Waals surface area (Å²) >= 11 is 0. The Kier molecular flexibility index (Phi) is 3.24. The van der Waals surface area contributed by atoms with Crippen LogP contribution in [0.5, 0.6) is 0 Å². The Morgan fingerprint density at radius 3 is 2.00 bits per heavy atom. The van der Waals surface area contributed by atoms with Crippen molar-refractivity contribution >= 4 is 0 Å². The van der Waals surface area contributed by atoms with E-state index in [0.717, 1.165) is 12.8 Å². The highest BCUT2D eigenvalue weighted by Crippen LogP contribution is 2.37. The van der Waals surface area contributed by atoms with Gasteiger partial charge in [0.1, 0.15) is 6.79 Å². The van der Waals surface area contributed by atoms with Crippen LogP contribution in [0.1, 0.15) is 40.5 Å². The molecule has 0 atom stereocenters. The minimum atomic E-state index is -0.166. The van der Waals surface area contributed by atoms with Gasteiger partial charge in [-0.3, -0.25) is 4.90 Å². The lowest BCUT2D eigenvalue weighted by atomic mass is 9.79. The second kappa shape index (κ2) is 3.80. The third kappa shape index (κ3) is 2.27. The molecular formula is C11H23NO2. The molecule has 0 aromatic carbocycles. The van der Waals surface area contributed by atoms with Gasteiger partial charge in [0.05, 0.1) is 6.10 Å². The molecule has 0 aromatic heterocycles. The number of nitrogens with zero attached hydrogens (tertiary/aromatic N) is 1. The maximum absolute atomic E-state index is 8.79. The fourth-order valence-corrected chi connectivity index (χ4v) is 2.50. The molecule has 0 aromatic rings. The predicted octanol–water partition coefficient (Wildman–Crippen LogP) is 1.60. The lowest BCUT2D eigenvalue weighted by Gasteiger charge is -2.53. The van der Waals surface area contributed by atoms with Crippen LogP contribution in [0.2, 0.25) is 0 Å². The van der Waals surface area contributed by atoms with Crippen molar-refractivity contribution in [2.45, 2.75) is 57.7 Å². The fraction of sp³-hybridized carbons (Fsp3) is 1.00. The van der Waals surface area contributed by atoms with Gasteiger partial charge in [0.15, 0.2) is 0 Å². The van der Waals surface area contributed by atoms with Crippen LogP contribution in [0, 0.1) is 0 Å². The van der Waals surface area contributed by atoms with E-state index in [2.05, 4.69) is 39.6 Å². The van der Waals surface area contributed by atoms with Crippen LogP contribution in [-0.2, 0) is 4.74 Å². The molecule has 0 unspecified atom stereocenters. The summed E-state index contributed by atoms with van der Waals surface area (Å²) in [4.78, 5) is 2.40. The lowest BCUT2D eigenvalue weighted by Crippen LogP contribution is -2.60. The molecule has 1 aliphatic heterocycles. The fourth-order valence-electron chi connectivity index (χ4n) is 2.50. The van der Waals surface area contributed by atoms with E-state index in [-0.39, 0.29) is 24.0 Å². The molecule has 0 amide bonds. The van der Waals surface area contributed by atoms with Crippen molar-refractivity contribution in [3.05, 3.63) is 0 Å². The van der Waals surface area contributed by atoms with E-state index in [0.29, 0.717) is 0 Å². The van der Waals surface area contributed by atoms with Gasteiger partial charge in [0, 0.05) is 11.1 Å². The third-order valence-electron chi connectivity index (χ3n) is 3.58.